The summed E-state index contributed by atoms with van der Waals surface area (Å²) in [5.74, 6) is 0. The van der Waals surface area contributed by atoms with Crippen molar-refractivity contribution in [3.8, 4) is 0 Å². The van der Waals surface area contributed by atoms with Gasteiger partial charge in [0.25, 0.3) is 0 Å². The van der Waals surface area contributed by atoms with Crippen LogP contribution in [-0.2, 0) is 14.8 Å². The van der Waals surface area contributed by atoms with Gasteiger partial charge in [0.1, 0.15) is 4.99 Å². The average Bonchev–Trinajstić information content (AvgIpc) is 2.68. The van der Waals surface area contributed by atoms with Crippen LogP contribution in [0.5, 0.6) is 0 Å². The number of sulfonamides is 1. The minimum Gasteiger partial charge on any atom is -0.389 e. The van der Waals surface area contributed by atoms with E-state index in [1.807, 2.05) is 0 Å². The SMILES string of the molecule is NC(=S)c1ccccc1S(=O)(=O)N1CCCOCC1. The molecule has 1 saturated heterocycles. The third-order valence-corrected chi connectivity index (χ3v) is 5.13. The molecule has 2 N–H and O–H groups in total. The summed E-state index contributed by atoms with van der Waals surface area (Å²) >= 11 is 4.92. The van der Waals surface area contributed by atoms with Crippen LogP contribution in [0.25, 0.3) is 0 Å². The van der Waals surface area contributed by atoms with Crippen LogP contribution in [0.3, 0.4) is 0 Å². The van der Waals surface area contributed by atoms with Crippen molar-refractivity contribution in [2.45, 2.75) is 11.3 Å². The van der Waals surface area contributed by atoms with Gasteiger partial charge in [0.05, 0.1) is 11.5 Å². The number of thiocarbonyl (C=S) groups is 1. The standard InChI is InChI=1S/C12H16N2O3S2/c13-12(18)10-4-1-2-5-11(10)19(15,16)14-6-3-8-17-9-7-14/h1-2,4-5H,3,6-9H2,(H2,13,18). The van der Waals surface area contributed by atoms with Crippen molar-refractivity contribution in [1.29, 1.82) is 0 Å². The Kier molecular flexibility index (Phi) is 4.51. The molecule has 0 bridgehead atoms. The molecule has 1 heterocycles. The van der Waals surface area contributed by atoms with Crippen LogP contribution >= 0.6 is 12.2 Å². The molecule has 2 rings (SSSR count). The molecule has 0 radical (unpaired) electrons. The predicted octanol–water partition coefficient (Wildman–Crippen LogP) is 0.732. The topological polar surface area (TPSA) is 72.6 Å². The zero-order chi connectivity index (χ0) is 13.9. The van der Waals surface area contributed by atoms with Crippen molar-refractivity contribution in [2.75, 3.05) is 26.3 Å². The maximum atomic E-state index is 12.6. The van der Waals surface area contributed by atoms with Crippen LogP contribution in [0.1, 0.15) is 12.0 Å². The summed E-state index contributed by atoms with van der Waals surface area (Å²) in [6.07, 6.45) is 0.689. The lowest BCUT2D eigenvalue weighted by atomic mass is 10.2. The van der Waals surface area contributed by atoms with E-state index in [0.29, 0.717) is 38.3 Å². The van der Waals surface area contributed by atoms with Crippen LogP contribution in [0.15, 0.2) is 29.2 Å². The van der Waals surface area contributed by atoms with Crippen molar-refractivity contribution < 1.29 is 13.2 Å². The fourth-order valence-electron chi connectivity index (χ4n) is 2.00. The minimum absolute atomic E-state index is 0.0882. The van der Waals surface area contributed by atoms with Gasteiger partial charge >= 0.3 is 0 Å². The molecule has 0 aromatic heterocycles. The van der Waals surface area contributed by atoms with E-state index in [1.165, 1.54) is 10.4 Å². The van der Waals surface area contributed by atoms with E-state index in [4.69, 9.17) is 22.7 Å². The highest BCUT2D eigenvalue weighted by Crippen LogP contribution is 2.21. The Hall–Kier alpha value is -1.02. The summed E-state index contributed by atoms with van der Waals surface area (Å²) < 4.78 is 31.9. The molecular formula is C12H16N2O3S2. The first-order valence-electron chi connectivity index (χ1n) is 6.00. The molecule has 0 saturated carbocycles. The Balaban J connectivity index is 2.41. The Labute approximate surface area is 118 Å². The lowest BCUT2D eigenvalue weighted by molar-refractivity contribution is 0.148. The highest BCUT2D eigenvalue weighted by molar-refractivity contribution is 7.89. The van der Waals surface area contributed by atoms with Gasteiger partial charge in [-0.15, -0.1) is 0 Å². The number of benzene rings is 1. The minimum atomic E-state index is -3.58. The van der Waals surface area contributed by atoms with Crippen molar-refractivity contribution >= 4 is 27.2 Å². The summed E-state index contributed by atoms with van der Waals surface area (Å²) in [6.45, 7) is 1.80. The predicted molar refractivity (Wildman–Crippen MR) is 76.5 cm³/mol. The van der Waals surface area contributed by atoms with E-state index in [-0.39, 0.29) is 9.88 Å². The molecule has 7 heteroatoms. The number of hydrogen-bond donors (Lipinski definition) is 1. The molecule has 0 aliphatic carbocycles. The second kappa shape index (κ2) is 5.96. The van der Waals surface area contributed by atoms with E-state index >= 15 is 0 Å². The Bertz CT molecular complexity index is 564. The number of hydrogen-bond acceptors (Lipinski definition) is 4. The van der Waals surface area contributed by atoms with Gasteiger partial charge in [-0.05, 0) is 12.5 Å². The molecule has 1 aliphatic rings. The van der Waals surface area contributed by atoms with Gasteiger partial charge in [0.15, 0.2) is 0 Å². The first kappa shape index (κ1) is 14.4. The number of ether oxygens (including phenoxy) is 1. The maximum Gasteiger partial charge on any atom is 0.243 e. The fourth-order valence-corrected chi connectivity index (χ4v) is 3.91. The van der Waals surface area contributed by atoms with E-state index in [9.17, 15) is 8.42 Å². The van der Waals surface area contributed by atoms with Crippen molar-refractivity contribution in [2.24, 2.45) is 5.73 Å². The molecule has 1 aliphatic heterocycles. The van der Waals surface area contributed by atoms with Crippen LogP contribution in [0, 0.1) is 0 Å². The van der Waals surface area contributed by atoms with Crippen molar-refractivity contribution in [3.05, 3.63) is 29.8 Å². The Morgan fingerprint density at radius 3 is 2.74 bits per heavy atom. The van der Waals surface area contributed by atoms with Crippen molar-refractivity contribution in [3.63, 3.8) is 0 Å². The van der Waals surface area contributed by atoms with Gasteiger partial charge in [-0.25, -0.2) is 8.42 Å². The average molecular weight is 300 g/mol. The van der Waals surface area contributed by atoms with Gasteiger partial charge in [-0.2, -0.15) is 4.31 Å². The lowest BCUT2D eigenvalue weighted by Crippen LogP contribution is -2.34. The number of nitrogens with zero attached hydrogens (tertiary/aromatic N) is 1. The second-order valence-corrected chi connectivity index (χ2v) is 6.58. The van der Waals surface area contributed by atoms with E-state index < -0.39 is 10.0 Å². The first-order chi connectivity index (χ1) is 9.03. The second-order valence-electron chi connectivity index (χ2n) is 4.23. The summed E-state index contributed by atoms with van der Waals surface area (Å²) in [6, 6.07) is 6.56. The molecule has 1 fully saturated rings. The summed E-state index contributed by atoms with van der Waals surface area (Å²) in [5, 5.41) is 0. The van der Waals surface area contributed by atoms with Gasteiger partial charge in [-0.1, -0.05) is 30.4 Å². The normalized spacial score (nSPS) is 17.9. The third kappa shape index (κ3) is 3.11. The zero-order valence-electron chi connectivity index (χ0n) is 10.4. The molecule has 0 amide bonds. The lowest BCUT2D eigenvalue weighted by Gasteiger charge is -2.20. The third-order valence-electron chi connectivity index (χ3n) is 2.95. The molecule has 0 atom stereocenters. The summed E-state index contributed by atoms with van der Waals surface area (Å²) in [7, 11) is -3.58. The van der Waals surface area contributed by atoms with Crippen LogP contribution < -0.4 is 5.73 Å². The quantitative estimate of drug-likeness (QED) is 0.833. The van der Waals surface area contributed by atoms with Crippen LogP contribution in [-0.4, -0.2) is 44.0 Å². The molecule has 19 heavy (non-hydrogen) atoms. The molecule has 104 valence electrons. The number of rotatable bonds is 3. The highest BCUT2D eigenvalue weighted by Gasteiger charge is 2.27. The van der Waals surface area contributed by atoms with E-state index in [0.717, 1.165) is 0 Å². The summed E-state index contributed by atoms with van der Waals surface area (Å²) in [4.78, 5) is 0.259. The van der Waals surface area contributed by atoms with Crippen LogP contribution in [0.2, 0.25) is 0 Å². The number of nitrogens with two attached hydrogens (primary N) is 1. The van der Waals surface area contributed by atoms with Gasteiger partial charge in [0.2, 0.25) is 10.0 Å². The van der Waals surface area contributed by atoms with Crippen molar-refractivity contribution in [1.82, 2.24) is 4.31 Å². The molecule has 1 aromatic rings. The Morgan fingerprint density at radius 2 is 2.00 bits per heavy atom. The highest BCUT2D eigenvalue weighted by atomic mass is 32.2. The van der Waals surface area contributed by atoms with Gasteiger partial charge in [0, 0.05) is 25.3 Å². The van der Waals surface area contributed by atoms with Gasteiger partial charge < -0.3 is 10.5 Å². The van der Waals surface area contributed by atoms with E-state index in [2.05, 4.69) is 0 Å². The van der Waals surface area contributed by atoms with Gasteiger partial charge in [-0.3, -0.25) is 0 Å². The van der Waals surface area contributed by atoms with E-state index in [1.54, 1.807) is 18.2 Å². The smallest absolute Gasteiger partial charge is 0.243 e. The fraction of sp³-hybridized carbons (Fsp3) is 0.417. The zero-order valence-corrected chi connectivity index (χ0v) is 12.0. The molecule has 1 aromatic carbocycles. The molecule has 5 nitrogen and oxygen atoms in total. The maximum absolute atomic E-state index is 12.6. The Morgan fingerprint density at radius 1 is 1.26 bits per heavy atom. The first-order valence-corrected chi connectivity index (χ1v) is 7.85. The monoisotopic (exact) mass is 300 g/mol. The largest absolute Gasteiger partial charge is 0.389 e. The summed E-state index contributed by atoms with van der Waals surface area (Å²) in [5.41, 5.74) is 5.99. The molecule has 0 spiro atoms. The van der Waals surface area contributed by atoms with Crippen LogP contribution in [0.4, 0.5) is 0 Å². The molecule has 0 unspecified atom stereocenters. The molecular weight excluding hydrogens is 284 g/mol.